The van der Waals surface area contributed by atoms with Crippen molar-refractivity contribution in [3.8, 4) is 11.5 Å². The highest BCUT2D eigenvalue weighted by molar-refractivity contribution is 7.89. The van der Waals surface area contributed by atoms with Gasteiger partial charge in [-0.05, 0) is 30.3 Å². The first-order chi connectivity index (χ1) is 10.9. The van der Waals surface area contributed by atoms with Gasteiger partial charge in [0.25, 0.3) is 0 Å². The van der Waals surface area contributed by atoms with Crippen LogP contribution in [0.3, 0.4) is 0 Å². The van der Waals surface area contributed by atoms with Gasteiger partial charge in [-0.1, -0.05) is 23.7 Å². The highest BCUT2D eigenvalue weighted by Crippen LogP contribution is 2.25. The van der Waals surface area contributed by atoms with Crippen LogP contribution in [0.25, 0.3) is 0 Å². The first-order valence-corrected chi connectivity index (χ1v) is 8.50. The molecule has 0 aromatic heterocycles. The Hall–Kier alpha value is -1.83. The van der Waals surface area contributed by atoms with Crippen molar-refractivity contribution in [3.63, 3.8) is 0 Å². The molecule has 0 fully saturated rings. The van der Waals surface area contributed by atoms with Gasteiger partial charge in [0.1, 0.15) is 17.3 Å². The summed E-state index contributed by atoms with van der Waals surface area (Å²) in [4.78, 5) is -0.459. The third kappa shape index (κ3) is 4.57. The summed E-state index contributed by atoms with van der Waals surface area (Å²) in [6.45, 7) is 0.0389. The minimum absolute atomic E-state index is 0.0253. The Morgan fingerprint density at radius 1 is 1.17 bits per heavy atom. The Labute approximate surface area is 139 Å². The predicted octanol–water partition coefficient (Wildman–Crippen LogP) is 2.85. The second-order valence-electron chi connectivity index (χ2n) is 4.47. The minimum atomic E-state index is -3.97. The van der Waals surface area contributed by atoms with E-state index in [4.69, 9.17) is 21.1 Å². The molecule has 2 aromatic rings. The smallest absolute Gasteiger partial charge is 0.243 e. The lowest BCUT2D eigenvalue weighted by Gasteiger charge is -2.11. The van der Waals surface area contributed by atoms with Gasteiger partial charge in [-0.15, -0.1) is 0 Å². The van der Waals surface area contributed by atoms with Gasteiger partial charge in [0.2, 0.25) is 10.0 Å². The van der Waals surface area contributed by atoms with Crippen LogP contribution in [0, 0.1) is 5.82 Å². The molecule has 0 aliphatic heterocycles. The summed E-state index contributed by atoms with van der Waals surface area (Å²) < 4.78 is 50.5. The molecule has 23 heavy (non-hydrogen) atoms. The van der Waals surface area contributed by atoms with Crippen LogP contribution in [0.15, 0.2) is 47.4 Å². The van der Waals surface area contributed by atoms with Gasteiger partial charge in [-0.3, -0.25) is 0 Å². The van der Waals surface area contributed by atoms with Crippen molar-refractivity contribution in [2.45, 2.75) is 4.90 Å². The van der Waals surface area contributed by atoms with E-state index < -0.39 is 20.7 Å². The third-order valence-electron chi connectivity index (χ3n) is 2.90. The number of hydrogen-bond acceptors (Lipinski definition) is 4. The molecule has 124 valence electrons. The van der Waals surface area contributed by atoms with E-state index in [1.807, 2.05) is 0 Å². The monoisotopic (exact) mass is 359 g/mol. The average molecular weight is 360 g/mol. The normalized spacial score (nSPS) is 11.3. The number of ether oxygens (including phenoxy) is 2. The summed E-state index contributed by atoms with van der Waals surface area (Å²) >= 11 is 5.60. The summed E-state index contributed by atoms with van der Waals surface area (Å²) in [6.07, 6.45) is 0. The molecule has 0 aliphatic rings. The van der Waals surface area contributed by atoms with Crippen LogP contribution >= 0.6 is 11.6 Å². The number of halogens is 2. The molecule has 2 rings (SSSR count). The number of hydrogen-bond donors (Lipinski definition) is 1. The second kappa shape index (κ2) is 7.63. The van der Waals surface area contributed by atoms with Crippen LogP contribution in [0.2, 0.25) is 5.02 Å². The van der Waals surface area contributed by atoms with Gasteiger partial charge in [-0.25, -0.2) is 17.5 Å². The van der Waals surface area contributed by atoms with Gasteiger partial charge >= 0.3 is 0 Å². The largest absolute Gasteiger partial charge is 0.493 e. The summed E-state index contributed by atoms with van der Waals surface area (Å²) in [5.41, 5.74) is 0. The van der Waals surface area contributed by atoms with Crippen molar-refractivity contribution < 1.29 is 22.3 Å². The average Bonchev–Trinajstić information content (AvgIpc) is 2.51. The van der Waals surface area contributed by atoms with Crippen molar-refractivity contribution in [2.24, 2.45) is 0 Å². The van der Waals surface area contributed by atoms with Gasteiger partial charge in [0, 0.05) is 11.6 Å². The van der Waals surface area contributed by atoms with Crippen molar-refractivity contribution >= 4 is 21.6 Å². The molecule has 0 saturated heterocycles. The molecule has 0 amide bonds. The summed E-state index contributed by atoms with van der Waals surface area (Å²) in [5.74, 6) is 0.127. The Bertz CT molecular complexity index is 783. The number of methoxy groups -OCH3 is 1. The minimum Gasteiger partial charge on any atom is -0.493 e. The zero-order valence-electron chi connectivity index (χ0n) is 12.3. The maximum absolute atomic E-state index is 13.7. The molecule has 5 nitrogen and oxygen atoms in total. The zero-order valence-corrected chi connectivity index (χ0v) is 13.8. The molecule has 2 aromatic carbocycles. The Balaban J connectivity index is 1.95. The van der Waals surface area contributed by atoms with Crippen molar-refractivity contribution in [3.05, 3.63) is 53.3 Å². The van der Waals surface area contributed by atoms with Crippen LogP contribution < -0.4 is 14.2 Å². The van der Waals surface area contributed by atoms with Crippen molar-refractivity contribution in [1.82, 2.24) is 4.72 Å². The number of para-hydroxylation sites is 2. The second-order valence-corrected chi connectivity index (χ2v) is 6.64. The summed E-state index contributed by atoms with van der Waals surface area (Å²) in [5, 5.41) is 0.126. The molecule has 0 heterocycles. The third-order valence-corrected chi connectivity index (χ3v) is 4.63. The van der Waals surface area contributed by atoms with Crippen molar-refractivity contribution in [1.29, 1.82) is 0 Å². The Morgan fingerprint density at radius 2 is 1.87 bits per heavy atom. The number of benzene rings is 2. The number of rotatable bonds is 7. The fraction of sp³-hybridized carbons (Fsp3) is 0.200. The Morgan fingerprint density at radius 3 is 2.52 bits per heavy atom. The van der Waals surface area contributed by atoms with Crippen LogP contribution in [0.5, 0.6) is 11.5 Å². The lowest BCUT2D eigenvalue weighted by Crippen LogP contribution is -2.29. The molecule has 0 spiro atoms. The summed E-state index contributed by atoms with van der Waals surface area (Å²) in [7, 11) is -2.46. The molecule has 0 radical (unpaired) electrons. The van der Waals surface area contributed by atoms with Crippen LogP contribution in [0.1, 0.15) is 0 Å². The SMILES string of the molecule is COc1ccccc1OCCNS(=O)(=O)c1ccc(Cl)cc1F. The van der Waals surface area contributed by atoms with E-state index in [0.29, 0.717) is 11.5 Å². The molecular formula is C15H15ClFNO4S. The standard InChI is InChI=1S/C15H15ClFNO4S/c1-21-13-4-2-3-5-14(13)22-9-8-18-23(19,20)15-7-6-11(16)10-12(15)17/h2-7,10,18H,8-9H2,1H3. The van der Waals surface area contributed by atoms with Gasteiger partial charge in [0.15, 0.2) is 11.5 Å². The van der Waals surface area contributed by atoms with E-state index in [-0.39, 0.29) is 18.2 Å². The van der Waals surface area contributed by atoms with Gasteiger partial charge < -0.3 is 9.47 Å². The Kier molecular flexibility index (Phi) is 5.81. The fourth-order valence-corrected chi connectivity index (χ4v) is 3.08. The molecule has 0 unspecified atom stereocenters. The first kappa shape index (κ1) is 17.5. The maximum atomic E-state index is 13.7. The molecule has 8 heteroatoms. The van der Waals surface area contributed by atoms with E-state index in [9.17, 15) is 12.8 Å². The van der Waals surface area contributed by atoms with E-state index in [1.54, 1.807) is 24.3 Å². The number of sulfonamides is 1. The zero-order chi connectivity index (χ0) is 16.9. The van der Waals surface area contributed by atoms with E-state index >= 15 is 0 Å². The van der Waals surface area contributed by atoms with Crippen LogP contribution in [-0.2, 0) is 10.0 Å². The quantitative estimate of drug-likeness (QED) is 0.772. The van der Waals surface area contributed by atoms with E-state index in [2.05, 4.69) is 4.72 Å². The van der Waals surface area contributed by atoms with E-state index in [1.165, 1.54) is 13.2 Å². The van der Waals surface area contributed by atoms with Gasteiger partial charge in [0.05, 0.1) is 7.11 Å². The molecule has 0 atom stereocenters. The summed E-state index contributed by atoms with van der Waals surface area (Å²) in [6, 6.07) is 10.4. The van der Waals surface area contributed by atoms with Gasteiger partial charge in [-0.2, -0.15) is 0 Å². The molecule has 0 saturated carbocycles. The molecular weight excluding hydrogens is 345 g/mol. The highest BCUT2D eigenvalue weighted by Gasteiger charge is 2.18. The number of nitrogens with one attached hydrogen (secondary N) is 1. The van der Waals surface area contributed by atoms with Crippen LogP contribution in [-0.4, -0.2) is 28.7 Å². The van der Waals surface area contributed by atoms with Crippen molar-refractivity contribution in [2.75, 3.05) is 20.3 Å². The van der Waals surface area contributed by atoms with E-state index in [0.717, 1.165) is 12.1 Å². The molecule has 0 aliphatic carbocycles. The fourth-order valence-electron chi connectivity index (χ4n) is 1.85. The molecule has 0 bridgehead atoms. The van der Waals surface area contributed by atoms with Crippen LogP contribution in [0.4, 0.5) is 4.39 Å². The highest BCUT2D eigenvalue weighted by atomic mass is 35.5. The first-order valence-electron chi connectivity index (χ1n) is 6.64. The topological polar surface area (TPSA) is 64.6 Å². The lowest BCUT2D eigenvalue weighted by atomic mass is 10.3. The molecule has 1 N–H and O–H groups in total. The maximum Gasteiger partial charge on any atom is 0.243 e. The lowest BCUT2D eigenvalue weighted by molar-refractivity contribution is 0.298. The predicted molar refractivity (Wildman–Crippen MR) is 85.1 cm³/mol.